The van der Waals surface area contributed by atoms with Crippen LogP contribution in [-0.2, 0) is 22.4 Å². The monoisotopic (exact) mass is 388 g/mol. The number of anilines is 2. The van der Waals surface area contributed by atoms with Gasteiger partial charge in [0.05, 0.1) is 18.6 Å². The summed E-state index contributed by atoms with van der Waals surface area (Å²) < 4.78 is 76.1. The lowest BCUT2D eigenvalue weighted by molar-refractivity contribution is -0.117. The summed E-state index contributed by atoms with van der Waals surface area (Å²) in [4.78, 5) is 23.3. The molecule has 0 unspecified atom stereocenters. The van der Waals surface area contributed by atoms with Gasteiger partial charge in [-0.05, 0) is 48.8 Å². The number of carbonyl (C=O) groups is 2. The van der Waals surface area contributed by atoms with E-state index in [1.165, 1.54) is 24.3 Å². The standard InChI is InChI=1S/C22H24N2O4/c25-21-9-5-15-3-7-17(13-19(15)23-21)27-11-1-2-12-28-18-8-4-16-6-10-22(26)24-20(16)14-18/h3-4,7-8,13-14H,1-2,5-6,9-12H2,(H,23,25)(H,24,26)/i1D2,2D2,11D2,12D2. The predicted molar refractivity (Wildman–Crippen MR) is 107 cm³/mol. The van der Waals surface area contributed by atoms with Crippen LogP contribution in [0.5, 0.6) is 11.5 Å². The van der Waals surface area contributed by atoms with E-state index in [0.717, 1.165) is 11.1 Å². The number of ether oxygens (including phenoxy) is 2. The molecule has 0 fully saturated rings. The molecule has 146 valence electrons. The number of carbonyl (C=O) groups excluding carboxylic acids is 2. The topological polar surface area (TPSA) is 76.7 Å². The summed E-state index contributed by atoms with van der Waals surface area (Å²) in [5, 5.41) is 5.23. The number of amides is 2. The fraction of sp³-hybridized carbons (Fsp3) is 0.364. The lowest BCUT2D eigenvalue weighted by Gasteiger charge is -2.18. The zero-order valence-electron chi connectivity index (χ0n) is 22.9. The van der Waals surface area contributed by atoms with Gasteiger partial charge in [0.15, 0.2) is 0 Å². The van der Waals surface area contributed by atoms with Crippen LogP contribution in [0.3, 0.4) is 0 Å². The maximum atomic E-state index is 11.7. The Morgan fingerprint density at radius 3 is 1.68 bits per heavy atom. The van der Waals surface area contributed by atoms with Crippen molar-refractivity contribution < 1.29 is 30.0 Å². The molecule has 0 saturated heterocycles. The summed E-state index contributed by atoms with van der Waals surface area (Å²) in [5.41, 5.74) is 2.32. The van der Waals surface area contributed by atoms with Gasteiger partial charge < -0.3 is 20.1 Å². The molecule has 0 aromatic heterocycles. The highest BCUT2D eigenvalue weighted by molar-refractivity contribution is 5.94. The molecule has 2 aliphatic heterocycles. The molecular weight excluding hydrogens is 356 g/mol. The lowest BCUT2D eigenvalue weighted by atomic mass is 10.0. The number of benzene rings is 2. The molecule has 0 bridgehead atoms. The van der Waals surface area contributed by atoms with Crippen molar-refractivity contribution >= 4 is 23.2 Å². The van der Waals surface area contributed by atoms with E-state index < -0.39 is 25.9 Å². The Kier molecular flexibility index (Phi) is 3.30. The van der Waals surface area contributed by atoms with Crippen LogP contribution < -0.4 is 20.1 Å². The third-order valence-electron chi connectivity index (χ3n) is 4.46. The van der Waals surface area contributed by atoms with Gasteiger partial charge >= 0.3 is 0 Å². The van der Waals surface area contributed by atoms with Gasteiger partial charge in [-0.25, -0.2) is 0 Å². The summed E-state index contributed by atoms with van der Waals surface area (Å²) in [6.45, 7) is -6.71. The molecular formula is C22H24N2O4. The van der Waals surface area contributed by atoms with E-state index in [9.17, 15) is 9.59 Å². The largest absolute Gasteiger partial charge is 0.494 e. The molecule has 0 radical (unpaired) electrons. The van der Waals surface area contributed by atoms with Crippen LogP contribution in [0.2, 0.25) is 0 Å². The third-order valence-corrected chi connectivity index (χ3v) is 4.46. The number of nitrogens with one attached hydrogen (secondary N) is 2. The van der Waals surface area contributed by atoms with Crippen molar-refractivity contribution in [3.05, 3.63) is 47.5 Å². The third kappa shape index (κ3) is 4.44. The molecule has 0 spiro atoms. The molecule has 0 saturated carbocycles. The second-order valence-electron chi connectivity index (χ2n) is 6.39. The lowest BCUT2D eigenvalue weighted by Crippen LogP contribution is -2.19. The first-order valence-electron chi connectivity index (χ1n) is 12.9. The average Bonchev–Trinajstić information content (AvgIpc) is 2.77. The van der Waals surface area contributed by atoms with Crippen LogP contribution >= 0.6 is 0 Å². The Balaban J connectivity index is 1.56. The smallest absolute Gasteiger partial charge is 0.224 e. The first kappa shape index (κ1) is 11.1. The van der Waals surface area contributed by atoms with Crippen molar-refractivity contribution in [2.75, 3.05) is 23.8 Å². The molecule has 2 amide bonds. The first-order chi connectivity index (χ1) is 16.6. The zero-order valence-corrected chi connectivity index (χ0v) is 14.9. The minimum absolute atomic E-state index is 0.174. The molecule has 2 aliphatic rings. The SMILES string of the molecule is [2H]C([2H])(Oc1ccc2c(c1)NC(=O)CC2)C([2H])([2H])C([2H])([2H])C([2H])([2H])Oc1ccc2c(c1)NC(=O)CC2. The first-order valence-corrected chi connectivity index (χ1v) is 8.87. The summed E-state index contributed by atoms with van der Waals surface area (Å²) >= 11 is 0. The van der Waals surface area contributed by atoms with E-state index in [-0.39, 0.29) is 23.3 Å². The van der Waals surface area contributed by atoms with E-state index in [1.54, 1.807) is 12.1 Å². The van der Waals surface area contributed by atoms with Crippen LogP contribution in [0, 0.1) is 0 Å². The number of fused-ring (bicyclic) bond motifs is 2. The van der Waals surface area contributed by atoms with E-state index in [2.05, 4.69) is 10.6 Å². The van der Waals surface area contributed by atoms with Gasteiger partial charge in [0.25, 0.3) is 0 Å². The molecule has 28 heavy (non-hydrogen) atoms. The number of hydrogen-bond donors (Lipinski definition) is 2. The van der Waals surface area contributed by atoms with Crippen molar-refractivity contribution in [3.8, 4) is 11.5 Å². The predicted octanol–water partition coefficient (Wildman–Crippen LogP) is 3.69. The Labute approximate surface area is 175 Å². The summed E-state index contributed by atoms with van der Waals surface area (Å²) in [7, 11) is 0. The fourth-order valence-corrected chi connectivity index (χ4v) is 3.05. The quantitative estimate of drug-likeness (QED) is 0.758. The van der Waals surface area contributed by atoms with Gasteiger partial charge in [0.1, 0.15) is 11.5 Å². The summed E-state index contributed by atoms with van der Waals surface area (Å²) in [5.74, 6) is -0.817. The van der Waals surface area contributed by atoms with Crippen LogP contribution in [0.25, 0.3) is 0 Å². The summed E-state index contributed by atoms with van der Waals surface area (Å²) in [6, 6.07) is 8.52. The van der Waals surface area contributed by atoms with Gasteiger partial charge in [-0.15, -0.1) is 0 Å². The Morgan fingerprint density at radius 1 is 0.750 bits per heavy atom. The Bertz CT molecular complexity index is 1130. The number of aryl methyl sites for hydroxylation is 2. The Hall–Kier alpha value is -3.02. The van der Waals surface area contributed by atoms with Gasteiger partial charge in [-0.1, -0.05) is 12.1 Å². The van der Waals surface area contributed by atoms with Crippen molar-refractivity contribution in [3.63, 3.8) is 0 Å². The maximum Gasteiger partial charge on any atom is 0.224 e. The summed E-state index contributed by atoms with van der Waals surface area (Å²) in [6.07, 6.45) is -5.59. The highest BCUT2D eigenvalue weighted by Crippen LogP contribution is 2.28. The second-order valence-corrected chi connectivity index (χ2v) is 6.39. The molecule has 0 atom stereocenters. The van der Waals surface area contributed by atoms with Crippen LogP contribution in [0.1, 0.15) is 47.7 Å². The zero-order chi connectivity index (χ0) is 26.5. The Morgan fingerprint density at radius 2 is 1.21 bits per heavy atom. The van der Waals surface area contributed by atoms with E-state index >= 15 is 0 Å². The van der Waals surface area contributed by atoms with Crippen LogP contribution in [0.15, 0.2) is 36.4 Å². The van der Waals surface area contributed by atoms with E-state index in [0.29, 0.717) is 37.1 Å². The molecule has 0 aliphatic carbocycles. The number of rotatable bonds is 7. The van der Waals surface area contributed by atoms with Gasteiger partial charge in [0.2, 0.25) is 11.8 Å². The van der Waals surface area contributed by atoms with Crippen molar-refractivity contribution in [2.45, 2.75) is 38.4 Å². The van der Waals surface area contributed by atoms with Crippen LogP contribution in [-0.4, -0.2) is 24.9 Å². The normalized spacial score (nSPS) is 21.4. The second kappa shape index (κ2) is 8.33. The highest BCUT2D eigenvalue weighted by atomic mass is 16.5. The molecule has 6 nitrogen and oxygen atoms in total. The van der Waals surface area contributed by atoms with Crippen LogP contribution in [0.4, 0.5) is 11.4 Å². The molecule has 2 heterocycles. The minimum atomic E-state index is -3.56. The van der Waals surface area contributed by atoms with Crippen molar-refractivity contribution in [2.24, 2.45) is 0 Å². The van der Waals surface area contributed by atoms with Gasteiger partial charge in [0, 0.05) is 41.8 Å². The molecule has 2 aromatic carbocycles. The molecule has 2 N–H and O–H groups in total. The average molecular weight is 388 g/mol. The molecule has 2 aromatic rings. The molecule has 4 rings (SSSR count). The minimum Gasteiger partial charge on any atom is -0.494 e. The van der Waals surface area contributed by atoms with E-state index in [4.69, 9.17) is 20.4 Å². The van der Waals surface area contributed by atoms with Crippen molar-refractivity contribution in [1.82, 2.24) is 0 Å². The van der Waals surface area contributed by atoms with Gasteiger partial charge in [-0.2, -0.15) is 0 Å². The number of hydrogen-bond acceptors (Lipinski definition) is 4. The molecule has 6 heteroatoms. The maximum absolute atomic E-state index is 11.7. The highest BCUT2D eigenvalue weighted by Gasteiger charge is 2.16. The van der Waals surface area contributed by atoms with Gasteiger partial charge in [-0.3, -0.25) is 9.59 Å². The van der Waals surface area contributed by atoms with Crippen molar-refractivity contribution in [1.29, 1.82) is 0 Å². The fourth-order valence-electron chi connectivity index (χ4n) is 3.05. The van der Waals surface area contributed by atoms with E-state index in [1.807, 2.05) is 0 Å².